The Morgan fingerprint density at radius 2 is 2.10 bits per heavy atom. The van der Waals surface area contributed by atoms with Crippen LogP contribution in [0.2, 0.25) is 0 Å². The predicted molar refractivity (Wildman–Crippen MR) is 108 cm³/mol. The lowest BCUT2D eigenvalue weighted by atomic mass is 9.91. The minimum absolute atomic E-state index is 0.00716. The lowest BCUT2D eigenvalue weighted by molar-refractivity contribution is -0.128. The Morgan fingerprint density at radius 1 is 1.29 bits per heavy atom. The molecular formula is C21H32N4O6. The number of piperidine rings is 1. The van der Waals surface area contributed by atoms with Gasteiger partial charge >= 0.3 is 6.09 Å². The normalized spacial score (nSPS) is 29.4. The second-order valence-electron chi connectivity index (χ2n) is 8.85. The van der Waals surface area contributed by atoms with Crippen molar-refractivity contribution in [2.24, 2.45) is 17.8 Å². The summed E-state index contributed by atoms with van der Waals surface area (Å²) in [5.41, 5.74) is 0. The number of carbonyl (C=O) groups is 3. The summed E-state index contributed by atoms with van der Waals surface area (Å²) < 4.78 is 16.4. The largest absolute Gasteiger partial charge is 0.443 e. The first-order valence-corrected chi connectivity index (χ1v) is 11.1. The number of fused-ring (bicyclic) bond motifs is 1. The Morgan fingerprint density at radius 3 is 2.81 bits per heavy atom. The van der Waals surface area contributed by atoms with E-state index < -0.39 is 30.2 Å². The molecule has 10 heteroatoms. The van der Waals surface area contributed by atoms with Crippen LogP contribution in [0.3, 0.4) is 0 Å². The highest BCUT2D eigenvalue weighted by Crippen LogP contribution is 2.33. The van der Waals surface area contributed by atoms with E-state index in [4.69, 9.17) is 14.2 Å². The summed E-state index contributed by atoms with van der Waals surface area (Å²) in [7, 11) is 0. The van der Waals surface area contributed by atoms with Crippen LogP contribution in [0.1, 0.15) is 46.0 Å². The van der Waals surface area contributed by atoms with E-state index in [1.165, 1.54) is 0 Å². The van der Waals surface area contributed by atoms with Crippen LogP contribution in [0.25, 0.3) is 0 Å². The van der Waals surface area contributed by atoms with Crippen molar-refractivity contribution < 1.29 is 28.6 Å². The van der Waals surface area contributed by atoms with Crippen LogP contribution in [0.4, 0.5) is 4.79 Å². The van der Waals surface area contributed by atoms with E-state index in [0.29, 0.717) is 26.0 Å². The minimum Gasteiger partial charge on any atom is -0.443 e. The lowest BCUT2D eigenvalue weighted by Gasteiger charge is -2.26. The third-order valence-corrected chi connectivity index (χ3v) is 5.95. The highest BCUT2D eigenvalue weighted by Gasteiger charge is 2.44. The van der Waals surface area contributed by atoms with Gasteiger partial charge in [-0.3, -0.25) is 9.59 Å². The van der Waals surface area contributed by atoms with E-state index in [-0.39, 0.29) is 43.0 Å². The Labute approximate surface area is 182 Å². The Bertz CT molecular complexity index is 708. The molecule has 3 N–H and O–H groups in total. The first-order chi connectivity index (χ1) is 14.9. The molecule has 0 aromatic rings. The molecule has 3 rings (SSSR count). The molecule has 3 aliphatic rings. The Kier molecular flexibility index (Phi) is 8.09. The molecule has 0 aromatic heterocycles. The third kappa shape index (κ3) is 6.31. The summed E-state index contributed by atoms with van der Waals surface area (Å²) in [6.07, 6.45) is 1.50. The fraction of sp³-hybridized carbons (Fsp3) is 0.810. The van der Waals surface area contributed by atoms with Crippen molar-refractivity contribution in [1.82, 2.24) is 16.0 Å². The average molecular weight is 437 g/mol. The van der Waals surface area contributed by atoms with Gasteiger partial charge in [0.05, 0.1) is 25.2 Å². The molecule has 31 heavy (non-hydrogen) atoms. The smallest absolute Gasteiger partial charge is 0.408 e. The summed E-state index contributed by atoms with van der Waals surface area (Å²) in [5.74, 6) is -0.715. The van der Waals surface area contributed by atoms with E-state index in [2.05, 4.69) is 22.0 Å². The van der Waals surface area contributed by atoms with Crippen molar-refractivity contribution in [1.29, 1.82) is 5.26 Å². The molecule has 3 fully saturated rings. The second-order valence-corrected chi connectivity index (χ2v) is 8.85. The molecular weight excluding hydrogens is 404 g/mol. The van der Waals surface area contributed by atoms with Crippen LogP contribution in [0.15, 0.2) is 0 Å². The van der Waals surface area contributed by atoms with Crippen molar-refractivity contribution in [3.8, 4) is 6.07 Å². The topological polar surface area (TPSA) is 139 Å². The third-order valence-electron chi connectivity index (χ3n) is 5.95. The fourth-order valence-corrected chi connectivity index (χ4v) is 4.33. The van der Waals surface area contributed by atoms with Gasteiger partial charge in [-0.15, -0.1) is 0 Å². The maximum atomic E-state index is 12.8. The van der Waals surface area contributed by atoms with Crippen LogP contribution >= 0.6 is 0 Å². The van der Waals surface area contributed by atoms with Crippen molar-refractivity contribution in [2.75, 3.05) is 19.8 Å². The molecule has 3 saturated heterocycles. The van der Waals surface area contributed by atoms with Gasteiger partial charge in [0.2, 0.25) is 11.8 Å². The zero-order valence-corrected chi connectivity index (χ0v) is 18.1. The molecule has 3 heterocycles. The van der Waals surface area contributed by atoms with E-state index in [1.807, 2.05) is 13.8 Å². The lowest BCUT2D eigenvalue weighted by Crippen LogP contribution is -2.51. The quantitative estimate of drug-likeness (QED) is 0.512. The maximum absolute atomic E-state index is 12.8. The van der Waals surface area contributed by atoms with Gasteiger partial charge in [-0.1, -0.05) is 13.8 Å². The van der Waals surface area contributed by atoms with Gasteiger partial charge in [-0.05, 0) is 38.0 Å². The van der Waals surface area contributed by atoms with Crippen LogP contribution in [-0.2, 0) is 23.8 Å². The maximum Gasteiger partial charge on any atom is 0.408 e. The van der Waals surface area contributed by atoms with Crippen molar-refractivity contribution in [2.45, 2.75) is 70.4 Å². The molecule has 3 amide bonds. The molecule has 0 spiro atoms. The Hall–Kier alpha value is -2.38. The van der Waals surface area contributed by atoms with Crippen LogP contribution in [0.5, 0.6) is 0 Å². The number of carbonyl (C=O) groups excluding carboxylic acids is 3. The molecule has 0 saturated carbocycles. The van der Waals surface area contributed by atoms with Gasteiger partial charge in [0.25, 0.3) is 0 Å². The van der Waals surface area contributed by atoms with Crippen LogP contribution in [0, 0.1) is 29.1 Å². The predicted octanol–water partition coefficient (Wildman–Crippen LogP) is 0.813. The summed E-state index contributed by atoms with van der Waals surface area (Å²) in [4.78, 5) is 37.3. The highest BCUT2D eigenvalue weighted by atomic mass is 16.7. The van der Waals surface area contributed by atoms with Crippen molar-refractivity contribution >= 4 is 17.9 Å². The number of nitrogens with zero attached hydrogens (tertiary/aromatic N) is 1. The van der Waals surface area contributed by atoms with Gasteiger partial charge in [0.15, 0.2) is 6.29 Å². The summed E-state index contributed by atoms with van der Waals surface area (Å²) >= 11 is 0. The minimum atomic E-state index is -0.846. The zero-order chi connectivity index (χ0) is 22.4. The van der Waals surface area contributed by atoms with Gasteiger partial charge in [-0.25, -0.2) is 4.79 Å². The van der Waals surface area contributed by atoms with Gasteiger partial charge in [0.1, 0.15) is 18.2 Å². The zero-order valence-electron chi connectivity index (χ0n) is 18.1. The van der Waals surface area contributed by atoms with Crippen molar-refractivity contribution in [3.05, 3.63) is 0 Å². The standard InChI is InChI=1S/C21H32N4O6/c1-12(2)8-16(25-21(28)31-17-11-30-20-15(17)5-7-29-20)19(27)24-14(10-22)9-13-4-3-6-23-18(13)26/h12-17,20H,3-9,11H2,1-2H3,(H,23,26)(H,24,27)(H,25,28)/t13-,14-,15-,16-,17-,20+/m0/s1. The number of amides is 3. The van der Waals surface area contributed by atoms with E-state index >= 15 is 0 Å². The molecule has 0 unspecified atom stereocenters. The summed E-state index contributed by atoms with van der Waals surface area (Å²) in [6, 6.07) is 0.402. The van der Waals surface area contributed by atoms with E-state index in [9.17, 15) is 19.6 Å². The molecule has 0 aromatic carbocycles. The number of nitriles is 1. The SMILES string of the molecule is CC(C)C[C@H](NC(=O)O[C@H]1CO[C@H]2OCC[C@H]21)C(=O)N[C@H](C#N)C[C@@H]1CCCNC1=O. The molecule has 0 aliphatic carbocycles. The highest BCUT2D eigenvalue weighted by molar-refractivity contribution is 5.86. The first kappa shape index (κ1) is 23.3. The summed E-state index contributed by atoms with van der Waals surface area (Å²) in [6.45, 7) is 5.36. The van der Waals surface area contributed by atoms with Crippen LogP contribution < -0.4 is 16.0 Å². The monoisotopic (exact) mass is 436 g/mol. The van der Waals surface area contributed by atoms with Gasteiger partial charge in [-0.2, -0.15) is 5.26 Å². The van der Waals surface area contributed by atoms with E-state index in [1.54, 1.807) is 0 Å². The van der Waals surface area contributed by atoms with E-state index in [0.717, 1.165) is 12.8 Å². The Balaban J connectivity index is 1.54. The fourth-order valence-electron chi connectivity index (χ4n) is 4.33. The molecule has 3 aliphatic heterocycles. The van der Waals surface area contributed by atoms with Gasteiger partial charge < -0.3 is 30.2 Å². The molecule has 0 bridgehead atoms. The van der Waals surface area contributed by atoms with Crippen molar-refractivity contribution in [3.63, 3.8) is 0 Å². The number of alkyl carbamates (subject to hydrolysis) is 1. The van der Waals surface area contributed by atoms with Crippen LogP contribution in [-0.4, -0.2) is 62.1 Å². The molecule has 6 atom stereocenters. The van der Waals surface area contributed by atoms with Gasteiger partial charge in [0, 0.05) is 12.5 Å². The number of hydrogen-bond acceptors (Lipinski definition) is 7. The molecule has 0 radical (unpaired) electrons. The number of rotatable bonds is 8. The molecule has 172 valence electrons. The molecule has 10 nitrogen and oxygen atoms in total. The summed E-state index contributed by atoms with van der Waals surface area (Å²) in [5, 5.41) is 17.6. The average Bonchev–Trinajstić information content (AvgIpc) is 3.33. The number of ether oxygens (including phenoxy) is 3. The first-order valence-electron chi connectivity index (χ1n) is 11.1. The second kappa shape index (κ2) is 10.8. The number of hydrogen-bond donors (Lipinski definition) is 3. The number of nitrogens with one attached hydrogen (secondary N) is 3.